The van der Waals surface area contributed by atoms with Crippen molar-refractivity contribution in [2.24, 2.45) is 5.41 Å². The van der Waals surface area contributed by atoms with E-state index in [4.69, 9.17) is 5.11 Å². The molecule has 0 amide bonds. The highest BCUT2D eigenvalue weighted by Crippen LogP contribution is 2.53. The van der Waals surface area contributed by atoms with Gasteiger partial charge in [0.25, 0.3) is 0 Å². The molecule has 12 heavy (non-hydrogen) atoms. The van der Waals surface area contributed by atoms with Crippen LogP contribution in [-0.2, 0) is 9.53 Å². The summed E-state index contributed by atoms with van der Waals surface area (Å²) in [5, 5.41) is 12.2. The largest absolute Gasteiger partial charge is 0.468 e. The lowest BCUT2D eigenvalue weighted by Gasteiger charge is -2.11. The number of fused-ring (bicyclic) bond motifs is 1. The van der Waals surface area contributed by atoms with Gasteiger partial charge in [0.05, 0.1) is 13.7 Å². The number of aliphatic hydroxyl groups excluding tert-OH is 1. The summed E-state index contributed by atoms with van der Waals surface area (Å²) in [6.45, 7) is 0.179. The Morgan fingerprint density at radius 2 is 2.50 bits per heavy atom. The standard InChI is InChI=1S/C8H13NO3/c1-12-7(11)5-2-8(4-10)3-6(8)9-5/h5-6,9-10H,2-4H2,1H3/t5-,6-,8+/m0/s1. The zero-order chi connectivity index (χ0) is 8.77. The van der Waals surface area contributed by atoms with Gasteiger partial charge in [-0.1, -0.05) is 0 Å². The third kappa shape index (κ3) is 0.949. The summed E-state index contributed by atoms with van der Waals surface area (Å²) in [5.74, 6) is -0.213. The number of rotatable bonds is 2. The van der Waals surface area contributed by atoms with Crippen LogP contribution in [0.4, 0.5) is 0 Å². The first-order valence-electron chi connectivity index (χ1n) is 4.16. The lowest BCUT2D eigenvalue weighted by atomic mass is 10.0. The summed E-state index contributed by atoms with van der Waals surface area (Å²) in [4.78, 5) is 11.1. The van der Waals surface area contributed by atoms with E-state index in [0.29, 0.717) is 6.04 Å². The first kappa shape index (κ1) is 8.01. The van der Waals surface area contributed by atoms with E-state index in [1.165, 1.54) is 7.11 Å². The van der Waals surface area contributed by atoms with Gasteiger partial charge in [-0.2, -0.15) is 0 Å². The fourth-order valence-corrected chi connectivity index (χ4v) is 2.05. The summed E-state index contributed by atoms with van der Waals surface area (Å²) in [6.07, 6.45) is 1.72. The highest BCUT2D eigenvalue weighted by Gasteiger charge is 2.61. The first-order chi connectivity index (χ1) is 5.72. The van der Waals surface area contributed by atoms with Gasteiger partial charge < -0.3 is 15.2 Å². The molecular weight excluding hydrogens is 158 g/mol. The molecule has 1 aliphatic carbocycles. The number of hydrogen-bond acceptors (Lipinski definition) is 4. The van der Waals surface area contributed by atoms with Crippen molar-refractivity contribution in [1.82, 2.24) is 5.32 Å². The second-order valence-corrected chi connectivity index (χ2v) is 3.72. The third-order valence-electron chi connectivity index (χ3n) is 3.00. The molecule has 0 aromatic heterocycles. The lowest BCUT2D eigenvalue weighted by Crippen LogP contribution is -2.34. The molecule has 2 N–H and O–H groups in total. The van der Waals surface area contributed by atoms with Gasteiger partial charge in [-0.05, 0) is 12.8 Å². The van der Waals surface area contributed by atoms with Gasteiger partial charge in [-0.15, -0.1) is 0 Å². The number of methoxy groups -OCH3 is 1. The molecule has 0 bridgehead atoms. The molecule has 1 aliphatic heterocycles. The smallest absolute Gasteiger partial charge is 0.322 e. The van der Waals surface area contributed by atoms with E-state index >= 15 is 0 Å². The average molecular weight is 171 g/mol. The molecule has 4 heteroatoms. The summed E-state index contributed by atoms with van der Waals surface area (Å²) in [6, 6.07) is 0.146. The van der Waals surface area contributed by atoms with Crippen LogP contribution in [0.3, 0.4) is 0 Å². The zero-order valence-corrected chi connectivity index (χ0v) is 7.04. The molecule has 3 atom stereocenters. The van der Waals surface area contributed by atoms with E-state index < -0.39 is 0 Å². The number of piperidine rings is 1. The number of carbonyl (C=O) groups excluding carboxylic acids is 1. The quantitative estimate of drug-likeness (QED) is 0.538. The van der Waals surface area contributed by atoms with Crippen LogP contribution < -0.4 is 5.32 Å². The van der Waals surface area contributed by atoms with Gasteiger partial charge in [0, 0.05) is 11.5 Å². The van der Waals surface area contributed by atoms with Gasteiger partial charge in [0.2, 0.25) is 0 Å². The van der Waals surface area contributed by atoms with E-state index in [2.05, 4.69) is 10.1 Å². The van der Waals surface area contributed by atoms with Crippen LogP contribution in [0.25, 0.3) is 0 Å². The van der Waals surface area contributed by atoms with Crippen LogP contribution in [0.15, 0.2) is 0 Å². The van der Waals surface area contributed by atoms with Gasteiger partial charge >= 0.3 is 5.97 Å². The molecule has 0 radical (unpaired) electrons. The molecule has 0 unspecified atom stereocenters. The predicted octanol–water partition coefficient (Wildman–Crippen LogP) is -0.728. The number of aliphatic hydroxyl groups is 1. The highest BCUT2D eigenvalue weighted by molar-refractivity contribution is 5.76. The van der Waals surface area contributed by atoms with Crippen molar-refractivity contribution in [2.45, 2.75) is 24.9 Å². The van der Waals surface area contributed by atoms with Crippen LogP contribution in [0.1, 0.15) is 12.8 Å². The van der Waals surface area contributed by atoms with Crippen LogP contribution in [-0.4, -0.2) is 36.9 Å². The minimum atomic E-state index is -0.213. The van der Waals surface area contributed by atoms with Gasteiger partial charge in [-0.25, -0.2) is 0 Å². The molecule has 4 nitrogen and oxygen atoms in total. The zero-order valence-electron chi connectivity index (χ0n) is 7.04. The van der Waals surface area contributed by atoms with Crippen molar-refractivity contribution >= 4 is 5.97 Å². The Morgan fingerprint density at radius 1 is 1.75 bits per heavy atom. The Kier molecular flexibility index (Phi) is 1.63. The number of esters is 1. The van der Waals surface area contributed by atoms with E-state index in [-0.39, 0.29) is 24.0 Å². The first-order valence-corrected chi connectivity index (χ1v) is 4.16. The molecule has 0 spiro atoms. The van der Waals surface area contributed by atoms with Crippen molar-refractivity contribution < 1.29 is 14.6 Å². The topological polar surface area (TPSA) is 58.6 Å². The van der Waals surface area contributed by atoms with E-state index in [0.717, 1.165) is 12.8 Å². The summed E-state index contributed by atoms with van der Waals surface area (Å²) in [5.41, 5.74) is -0.00113. The van der Waals surface area contributed by atoms with E-state index in [1.807, 2.05) is 0 Å². The summed E-state index contributed by atoms with van der Waals surface area (Å²) < 4.78 is 4.61. The second-order valence-electron chi connectivity index (χ2n) is 3.72. The second kappa shape index (κ2) is 2.44. The number of ether oxygens (including phenoxy) is 1. The fraction of sp³-hybridized carbons (Fsp3) is 0.875. The maximum Gasteiger partial charge on any atom is 0.322 e. The summed E-state index contributed by atoms with van der Waals surface area (Å²) >= 11 is 0. The Hall–Kier alpha value is -0.610. The SMILES string of the molecule is COC(=O)[C@@H]1C[C@]2(CO)C[C@@H]2N1. The normalized spacial score (nSPS) is 43.8. The van der Waals surface area contributed by atoms with Crippen LogP contribution in [0.5, 0.6) is 0 Å². The Balaban J connectivity index is 1.97. The van der Waals surface area contributed by atoms with Crippen LogP contribution in [0.2, 0.25) is 0 Å². The molecule has 0 aromatic carbocycles. The maximum atomic E-state index is 11.1. The Bertz CT molecular complexity index is 214. The van der Waals surface area contributed by atoms with Crippen molar-refractivity contribution in [3.63, 3.8) is 0 Å². The van der Waals surface area contributed by atoms with Crippen LogP contribution >= 0.6 is 0 Å². The Morgan fingerprint density at radius 3 is 3.00 bits per heavy atom. The molecular formula is C8H13NO3. The molecule has 2 rings (SSSR count). The van der Waals surface area contributed by atoms with Crippen molar-refractivity contribution in [3.05, 3.63) is 0 Å². The molecule has 1 saturated carbocycles. The summed E-state index contributed by atoms with van der Waals surface area (Å²) in [7, 11) is 1.39. The average Bonchev–Trinajstić information content (AvgIpc) is 2.68. The van der Waals surface area contributed by atoms with Gasteiger partial charge in [0.15, 0.2) is 0 Å². The lowest BCUT2D eigenvalue weighted by molar-refractivity contribution is -0.143. The van der Waals surface area contributed by atoms with Crippen molar-refractivity contribution in [1.29, 1.82) is 0 Å². The van der Waals surface area contributed by atoms with Crippen LogP contribution in [0, 0.1) is 5.41 Å². The predicted molar refractivity (Wildman–Crippen MR) is 41.5 cm³/mol. The van der Waals surface area contributed by atoms with Crippen molar-refractivity contribution in [3.8, 4) is 0 Å². The molecule has 1 saturated heterocycles. The number of hydrogen-bond donors (Lipinski definition) is 2. The fourth-order valence-electron chi connectivity index (χ4n) is 2.05. The number of carbonyl (C=O) groups is 1. The third-order valence-corrected chi connectivity index (χ3v) is 3.00. The molecule has 1 heterocycles. The molecule has 68 valence electrons. The maximum absolute atomic E-state index is 11.1. The molecule has 2 fully saturated rings. The molecule has 0 aromatic rings. The Labute approximate surface area is 70.9 Å². The highest BCUT2D eigenvalue weighted by atomic mass is 16.5. The van der Waals surface area contributed by atoms with Gasteiger partial charge in [0.1, 0.15) is 6.04 Å². The monoisotopic (exact) mass is 171 g/mol. The van der Waals surface area contributed by atoms with E-state index in [1.54, 1.807) is 0 Å². The minimum absolute atomic E-state index is 0.00113. The van der Waals surface area contributed by atoms with Gasteiger partial charge in [-0.3, -0.25) is 4.79 Å². The minimum Gasteiger partial charge on any atom is -0.468 e. The van der Waals surface area contributed by atoms with Crippen molar-refractivity contribution in [2.75, 3.05) is 13.7 Å². The molecule has 2 aliphatic rings. The number of nitrogens with one attached hydrogen (secondary N) is 1. The van der Waals surface area contributed by atoms with E-state index in [9.17, 15) is 4.79 Å².